The number of nitrogens with two attached hydrogens (primary N) is 1. The minimum atomic E-state index is -0.548. The molecule has 0 saturated heterocycles. The van der Waals surface area contributed by atoms with Gasteiger partial charge in [-0.2, -0.15) is 0 Å². The Labute approximate surface area is 107 Å². The lowest BCUT2D eigenvalue weighted by atomic mass is 10.1. The highest BCUT2D eigenvalue weighted by Crippen LogP contribution is 2.17. The summed E-state index contributed by atoms with van der Waals surface area (Å²) in [5.74, 6) is 0.886. The Morgan fingerprint density at radius 2 is 2.17 bits per heavy atom. The van der Waals surface area contributed by atoms with Crippen LogP contribution in [0.5, 0.6) is 0 Å². The van der Waals surface area contributed by atoms with Crippen molar-refractivity contribution in [3.63, 3.8) is 0 Å². The highest BCUT2D eigenvalue weighted by Gasteiger charge is 2.11. The first-order chi connectivity index (χ1) is 8.65. The summed E-state index contributed by atoms with van der Waals surface area (Å²) in [6.45, 7) is 1.20. The van der Waals surface area contributed by atoms with Gasteiger partial charge < -0.3 is 15.3 Å². The number of hydrogen-bond donors (Lipinski definition) is 2. The van der Waals surface area contributed by atoms with Gasteiger partial charge in [-0.15, -0.1) is 0 Å². The molecule has 18 heavy (non-hydrogen) atoms. The van der Waals surface area contributed by atoms with Crippen LogP contribution >= 0.6 is 0 Å². The summed E-state index contributed by atoms with van der Waals surface area (Å²) >= 11 is 0. The minimum Gasteiger partial charge on any atom is -0.468 e. The number of aliphatic hydroxyl groups is 1. The van der Waals surface area contributed by atoms with Crippen LogP contribution in [0.3, 0.4) is 0 Å². The first kappa shape index (κ1) is 12.7. The van der Waals surface area contributed by atoms with E-state index in [1.807, 2.05) is 42.3 Å². The topological polar surface area (TPSA) is 62.6 Å². The molecule has 0 spiro atoms. The molecule has 0 fully saturated rings. The SMILES string of the molecule is CN(Cc1ccco1)CC(O)c1cccc(N)c1. The van der Waals surface area contributed by atoms with E-state index in [0.29, 0.717) is 18.8 Å². The van der Waals surface area contributed by atoms with E-state index < -0.39 is 6.10 Å². The number of furan rings is 1. The molecule has 0 saturated carbocycles. The highest BCUT2D eigenvalue weighted by molar-refractivity contribution is 5.41. The highest BCUT2D eigenvalue weighted by atomic mass is 16.3. The molecule has 0 aliphatic carbocycles. The summed E-state index contributed by atoms with van der Waals surface area (Å²) in [4.78, 5) is 2.01. The van der Waals surface area contributed by atoms with Crippen molar-refractivity contribution < 1.29 is 9.52 Å². The Bertz CT molecular complexity index is 482. The molecule has 2 rings (SSSR count). The van der Waals surface area contributed by atoms with E-state index in [2.05, 4.69) is 0 Å². The Balaban J connectivity index is 1.92. The van der Waals surface area contributed by atoms with Crippen LogP contribution in [0.4, 0.5) is 5.69 Å². The van der Waals surface area contributed by atoms with Crippen LogP contribution in [0.2, 0.25) is 0 Å². The van der Waals surface area contributed by atoms with E-state index >= 15 is 0 Å². The van der Waals surface area contributed by atoms with E-state index in [4.69, 9.17) is 10.2 Å². The summed E-state index contributed by atoms with van der Waals surface area (Å²) in [6.07, 6.45) is 1.10. The first-order valence-corrected chi connectivity index (χ1v) is 5.89. The third kappa shape index (κ3) is 3.35. The molecule has 1 atom stereocenters. The van der Waals surface area contributed by atoms with Gasteiger partial charge in [0.2, 0.25) is 0 Å². The maximum atomic E-state index is 10.1. The number of anilines is 1. The molecule has 1 aromatic carbocycles. The third-order valence-electron chi connectivity index (χ3n) is 2.79. The summed E-state index contributed by atoms with van der Waals surface area (Å²) in [5.41, 5.74) is 7.20. The average Bonchev–Trinajstić information content (AvgIpc) is 2.81. The van der Waals surface area contributed by atoms with Gasteiger partial charge in [-0.25, -0.2) is 0 Å². The van der Waals surface area contributed by atoms with Crippen molar-refractivity contribution in [3.8, 4) is 0 Å². The van der Waals surface area contributed by atoms with Crippen LogP contribution in [0, 0.1) is 0 Å². The number of likely N-dealkylation sites (N-methyl/N-ethyl adjacent to an activating group) is 1. The van der Waals surface area contributed by atoms with Crippen molar-refractivity contribution in [1.29, 1.82) is 0 Å². The standard InChI is InChI=1S/C14H18N2O2/c1-16(9-13-6-3-7-18-13)10-14(17)11-4-2-5-12(15)8-11/h2-8,14,17H,9-10,15H2,1H3. The van der Waals surface area contributed by atoms with E-state index in [-0.39, 0.29) is 0 Å². The van der Waals surface area contributed by atoms with Crippen molar-refractivity contribution in [1.82, 2.24) is 4.90 Å². The van der Waals surface area contributed by atoms with Crippen LogP contribution in [-0.2, 0) is 6.54 Å². The molecular weight excluding hydrogens is 228 g/mol. The smallest absolute Gasteiger partial charge is 0.117 e. The van der Waals surface area contributed by atoms with Crippen molar-refractivity contribution in [3.05, 3.63) is 54.0 Å². The maximum Gasteiger partial charge on any atom is 0.117 e. The predicted octanol–water partition coefficient (Wildman–Crippen LogP) is 2.03. The first-order valence-electron chi connectivity index (χ1n) is 5.89. The monoisotopic (exact) mass is 246 g/mol. The van der Waals surface area contributed by atoms with Crippen molar-refractivity contribution in [2.75, 3.05) is 19.3 Å². The summed E-state index contributed by atoms with van der Waals surface area (Å²) in [6, 6.07) is 11.1. The zero-order valence-corrected chi connectivity index (χ0v) is 10.4. The zero-order chi connectivity index (χ0) is 13.0. The second-order valence-corrected chi connectivity index (χ2v) is 4.46. The van der Waals surface area contributed by atoms with Gasteiger partial charge in [0.1, 0.15) is 5.76 Å². The molecule has 4 heteroatoms. The van der Waals surface area contributed by atoms with Crippen molar-refractivity contribution >= 4 is 5.69 Å². The molecule has 1 aromatic heterocycles. The largest absolute Gasteiger partial charge is 0.468 e. The van der Waals surface area contributed by atoms with Crippen LogP contribution < -0.4 is 5.73 Å². The Hall–Kier alpha value is -1.78. The fourth-order valence-electron chi connectivity index (χ4n) is 1.90. The van der Waals surface area contributed by atoms with Gasteiger partial charge >= 0.3 is 0 Å². The molecule has 0 amide bonds. The Morgan fingerprint density at radius 3 is 2.83 bits per heavy atom. The lowest BCUT2D eigenvalue weighted by Gasteiger charge is -2.20. The summed E-state index contributed by atoms with van der Waals surface area (Å²) in [7, 11) is 1.94. The quantitative estimate of drug-likeness (QED) is 0.792. The summed E-state index contributed by atoms with van der Waals surface area (Å²) < 4.78 is 5.27. The van der Waals surface area contributed by atoms with Gasteiger partial charge in [-0.05, 0) is 36.9 Å². The van der Waals surface area contributed by atoms with Crippen LogP contribution in [0.15, 0.2) is 47.1 Å². The number of rotatable bonds is 5. The van der Waals surface area contributed by atoms with Gasteiger partial charge in [-0.1, -0.05) is 12.1 Å². The number of nitrogens with zero attached hydrogens (tertiary/aromatic N) is 1. The zero-order valence-electron chi connectivity index (χ0n) is 10.4. The van der Waals surface area contributed by atoms with Crippen LogP contribution in [0.25, 0.3) is 0 Å². The Kier molecular flexibility index (Phi) is 4.02. The van der Waals surface area contributed by atoms with E-state index in [9.17, 15) is 5.11 Å². The molecule has 4 nitrogen and oxygen atoms in total. The maximum absolute atomic E-state index is 10.1. The summed E-state index contributed by atoms with van der Waals surface area (Å²) in [5, 5.41) is 10.1. The van der Waals surface area contributed by atoms with Gasteiger partial charge in [0, 0.05) is 12.2 Å². The predicted molar refractivity (Wildman–Crippen MR) is 70.9 cm³/mol. The van der Waals surface area contributed by atoms with Gasteiger partial charge in [0.25, 0.3) is 0 Å². The molecular formula is C14H18N2O2. The molecule has 0 bridgehead atoms. The number of benzene rings is 1. The lowest BCUT2D eigenvalue weighted by Crippen LogP contribution is -2.24. The molecule has 2 aromatic rings. The number of nitrogen functional groups attached to an aromatic ring is 1. The molecule has 0 aliphatic heterocycles. The number of hydrogen-bond acceptors (Lipinski definition) is 4. The second kappa shape index (κ2) is 5.71. The number of aliphatic hydroxyl groups excluding tert-OH is 1. The average molecular weight is 246 g/mol. The fourth-order valence-corrected chi connectivity index (χ4v) is 1.90. The fraction of sp³-hybridized carbons (Fsp3) is 0.286. The van der Waals surface area contributed by atoms with Crippen LogP contribution in [0.1, 0.15) is 17.4 Å². The molecule has 1 heterocycles. The molecule has 96 valence electrons. The van der Waals surface area contributed by atoms with Gasteiger partial charge in [-0.3, -0.25) is 4.90 Å². The lowest BCUT2D eigenvalue weighted by molar-refractivity contribution is 0.120. The van der Waals surface area contributed by atoms with Crippen molar-refractivity contribution in [2.45, 2.75) is 12.6 Å². The normalized spacial score (nSPS) is 12.8. The Morgan fingerprint density at radius 1 is 1.33 bits per heavy atom. The van der Waals surface area contributed by atoms with Crippen molar-refractivity contribution in [2.24, 2.45) is 0 Å². The second-order valence-electron chi connectivity index (χ2n) is 4.46. The van der Waals surface area contributed by atoms with Gasteiger partial charge in [0.15, 0.2) is 0 Å². The van der Waals surface area contributed by atoms with Gasteiger partial charge in [0.05, 0.1) is 18.9 Å². The molecule has 3 N–H and O–H groups in total. The third-order valence-corrected chi connectivity index (χ3v) is 2.79. The molecule has 0 radical (unpaired) electrons. The molecule has 1 unspecified atom stereocenters. The van der Waals surface area contributed by atoms with E-state index in [1.54, 1.807) is 12.3 Å². The minimum absolute atomic E-state index is 0.532. The molecule has 0 aliphatic rings. The van der Waals surface area contributed by atoms with E-state index in [1.165, 1.54) is 0 Å². The van der Waals surface area contributed by atoms with Crippen LogP contribution in [-0.4, -0.2) is 23.6 Å². The van der Waals surface area contributed by atoms with E-state index in [0.717, 1.165) is 11.3 Å².